The van der Waals surface area contributed by atoms with Crippen LogP contribution in [0.4, 0.5) is 0 Å². The quantitative estimate of drug-likeness (QED) is 0.146. The average Bonchev–Trinajstić information content (AvgIpc) is 3.17. The number of carboxylic acids is 2. The van der Waals surface area contributed by atoms with Crippen molar-refractivity contribution in [3.63, 3.8) is 0 Å². The zero-order valence-electron chi connectivity index (χ0n) is 16.2. The molecule has 3 atom stereocenters. The van der Waals surface area contributed by atoms with Crippen LogP contribution < -0.4 is 27.4 Å². The number of carbonyl (C=O) groups excluding carboxylic acids is 4. The lowest BCUT2D eigenvalue weighted by Crippen LogP contribution is -2.54. The lowest BCUT2D eigenvalue weighted by atomic mass is 10.1. The van der Waals surface area contributed by atoms with Crippen LogP contribution in [-0.2, 0) is 35.2 Å². The highest BCUT2D eigenvalue weighted by Crippen LogP contribution is 1.99. The lowest BCUT2D eigenvalue weighted by Gasteiger charge is -2.19. The van der Waals surface area contributed by atoms with Crippen molar-refractivity contribution in [1.82, 2.24) is 25.9 Å². The minimum absolute atomic E-state index is 0.0477. The summed E-state index contributed by atoms with van der Waals surface area (Å²) in [6, 6.07) is -4.26. The van der Waals surface area contributed by atoms with Crippen molar-refractivity contribution in [3.05, 3.63) is 18.2 Å². The van der Waals surface area contributed by atoms with Crippen molar-refractivity contribution in [3.8, 4) is 0 Å². The van der Waals surface area contributed by atoms with Crippen LogP contribution in [0.15, 0.2) is 12.5 Å². The molecule has 0 bridgehead atoms. The van der Waals surface area contributed by atoms with Crippen LogP contribution >= 0.6 is 0 Å². The van der Waals surface area contributed by atoms with Crippen LogP contribution in [0.1, 0.15) is 18.5 Å². The van der Waals surface area contributed by atoms with Gasteiger partial charge in [0.05, 0.1) is 31.8 Å². The predicted molar refractivity (Wildman–Crippen MR) is 101 cm³/mol. The monoisotopic (exact) mass is 441 g/mol. The van der Waals surface area contributed by atoms with E-state index in [-0.39, 0.29) is 6.42 Å². The van der Waals surface area contributed by atoms with Gasteiger partial charge in [-0.3, -0.25) is 24.0 Å². The standard InChI is InChI=1S/C16H23N7O8/c17-8(1-7-4-19-6-21-7)14(28)23-9(3-13(26)27)15(29)20-5-12(25)22-10(16(30)31)2-11(18)24/h4,6,8-10H,1-3,5,17H2,(H2,18,24)(H,19,21)(H,20,29)(H,22,25)(H,23,28)(H,26,27)(H,30,31). The van der Waals surface area contributed by atoms with E-state index in [0.29, 0.717) is 5.69 Å². The molecule has 4 amide bonds. The highest BCUT2D eigenvalue weighted by molar-refractivity contribution is 5.94. The number of rotatable bonds is 13. The molecule has 0 saturated heterocycles. The number of aliphatic carboxylic acids is 2. The number of aromatic nitrogens is 2. The number of hydrogen-bond donors (Lipinski definition) is 8. The number of nitrogens with zero attached hydrogens (tertiary/aromatic N) is 1. The molecular weight excluding hydrogens is 418 g/mol. The molecule has 170 valence electrons. The van der Waals surface area contributed by atoms with E-state index < -0.39 is 73.1 Å². The second-order valence-corrected chi connectivity index (χ2v) is 6.39. The summed E-state index contributed by atoms with van der Waals surface area (Å²) in [5, 5.41) is 24.2. The van der Waals surface area contributed by atoms with Gasteiger partial charge in [-0.25, -0.2) is 9.78 Å². The van der Waals surface area contributed by atoms with Crippen molar-refractivity contribution >= 4 is 35.6 Å². The van der Waals surface area contributed by atoms with Crippen LogP contribution in [0.5, 0.6) is 0 Å². The van der Waals surface area contributed by atoms with Crippen molar-refractivity contribution in [2.45, 2.75) is 37.4 Å². The third-order valence-electron chi connectivity index (χ3n) is 3.80. The third-order valence-corrected chi connectivity index (χ3v) is 3.80. The van der Waals surface area contributed by atoms with E-state index in [9.17, 15) is 28.8 Å². The summed E-state index contributed by atoms with van der Waals surface area (Å²) >= 11 is 0. The summed E-state index contributed by atoms with van der Waals surface area (Å²) < 4.78 is 0. The normalized spacial score (nSPS) is 13.3. The summed E-state index contributed by atoms with van der Waals surface area (Å²) in [5.74, 6) is -6.68. The number of nitrogens with one attached hydrogen (secondary N) is 4. The molecule has 15 heteroatoms. The molecular formula is C16H23N7O8. The van der Waals surface area contributed by atoms with Gasteiger partial charge in [-0.1, -0.05) is 0 Å². The summed E-state index contributed by atoms with van der Waals surface area (Å²) in [6.45, 7) is -0.742. The van der Waals surface area contributed by atoms with E-state index in [1.807, 2.05) is 5.32 Å². The Bertz CT molecular complexity index is 826. The number of primary amides is 1. The van der Waals surface area contributed by atoms with Crippen molar-refractivity contribution in [2.24, 2.45) is 11.5 Å². The predicted octanol–water partition coefficient (Wildman–Crippen LogP) is -4.20. The summed E-state index contributed by atoms with van der Waals surface area (Å²) in [7, 11) is 0. The molecule has 0 spiro atoms. The number of carbonyl (C=O) groups is 6. The summed E-state index contributed by atoms with van der Waals surface area (Å²) in [5.41, 5.74) is 11.2. The van der Waals surface area contributed by atoms with Crippen molar-refractivity contribution < 1.29 is 39.0 Å². The van der Waals surface area contributed by atoms with Crippen molar-refractivity contribution in [2.75, 3.05) is 6.54 Å². The Balaban J connectivity index is 2.65. The number of hydrogen-bond acceptors (Lipinski definition) is 8. The molecule has 15 nitrogen and oxygen atoms in total. The van der Waals surface area contributed by atoms with Crippen molar-refractivity contribution in [1.29, 1.82) is 0 Å². The molecule has 1 aromatic rings. The smallest absolute Gasteiger partial charge is 0.326 e. The van der Waals surface area contributed by atoms with Crippen LogP contribution in [0.3, 0.4) is 0 Å². The second kappa shape index (κ2) is 11.9. The van der Waals surface area contributed by atoms with E-state index >= 15 is 0 Å². The van der Waals surface area contributed by atoms with Gasteiger partial charge < -0.3 is 42.6 Å². The van der Waals surface area contributed by atoms with Crippen LogP contribution in [0.25, 0.3) is 0 Å². The number of H-pyrrole nitrogens is 1. The van der Waals surface area contributed by atoms with E-state index in [2.05, 4.69) is 20.6 Å². The largest absolute Gasteiger partial charge is 0.481 e. The fraction of sp³-hybridized carbons (Fsp3) is 0.438. The molecule has 0 aromatic carbocycles. The van der Waals surface area contributed by atoms with Crippen LogP contribution in [0, 0.1) is 0 Å². The molecule has 0 aliphatic heterocycles. The fourth-order valence-corrected chi connectivity index (χ4v) is 2.33. The number of aromatic amines is 1. The van der Waals surface area contributed by atoms with Gasteiger partial charge in [0.25, 0.3) is 0 Å². The first-order valence-corrected chi connectivity index (χ1v) is 8.82. The Hall–Kier alpha value is -4.01. The molecule has 0 radical (unpaired) electrons. The molecule has 1 aromatic heterocycles. The first-order chi connectivity index (χ1) is 14.5. The zero-order valence-corrected chi connectivity index (χ0v) is 16.2. The summed E-state index contributed by atoms with van der Waals surface area (Å²) in [6.07, 6.45) is 1.41. The molecule has 0 aliphatic carbocycles. The van der Waals surface area contributed by atoms with Gasteiger partial charge in [-0.05, 0) is 0 Å². The molecule has 31 heavy (non-hydrogen) atoms. The van der Waals surface area contributed by atoms with E-state index in [1.165, 1.54) is 12.5 Å². The van der Waals surface area contributed by atoms with Crippen LogP contribution in [0.2, 0.25) is 0 Å². The van der Waals surface area contributed by atoms with E-state index in [4.69, 9.17) is 21.7 Å². The Kier molecular flexibility index (Phi) is 9.58. The minimum atomic E-state index is -1.60. The second-order valence-electron chi connectivity index (χ2n) is 6.39. The molecule has 0 saturated carbocycles. The maximum absolute atomic E-state index is 12.2. The SMILES string of the molecule is NC(=O)CC(NC(=O)CNC(=O)C(CC(=O)O)NC(=O)C(N)Cc1cnc[nH]1)C(=O)O. The van der Waals surface area contributed by atoms with E-state index in [0.717, 1.165) is 0 Å². The Morgan fingerprint density at radius 2 is 1.71 bits per heavy atom. The molecule has 1 rings (SSSR count). The van der Waals surface area contributed by atoms with Gasteiger partial charge in [0.15, 0.2) is 0 Å². The van der Waals surface area contributed by atoms with Gasteiger partial charge in [-0.2, -0.15) is 0 Å². The third kappa shape index (κ3) is 9.35. The van der Waals surface area contributed by atoms with Gasteiger partial charge in [0.1, 0.15) is 12.1 Å². The zero-order chi connectivity index (χ0) is 23.6. The highest BCUT2D eigenvalue weighted by Gasteiger charge is 2.27. The van der Waals surface area contributed by atoms with Gasteiger partial charge in [0.2, 0.25) is 23.6 Å². The molecule has 10 N–H and O–H groups in total. The Labute approximate surface area is 174 Å². The lowest BCUT2D eigenvalue weighted by molar-refractivity contribution is -0.143. The molecule has 0 fully saturated rings. The van der Waals surface area contributed by atoms with Gasteiger partial charge in [0, 0.05) is 18.3 Å². The summed E-state index contributed by atoms with van der Waals surface area (Å²) in [4.78, 5) is 75.6. The Morgan fingerprint density at radius 3 is 2.23 bits per heavy atom. The number of carboxylic acid groups (broad SMARTS) is 2. The number of amides is 4. The van der Waals surface area contributed by atoms with Gasteiger partial charge in [-0.15, -0.1) is 0 Å². The minimum Gasteiger partial charge on any atom is -0.481 e. The molecule has 1 heterocycles. The average molecular weight is 441 g/mol. The van der Waals surface area contributed by atoms with Crippen LogP contribution in [-0.4, -0.2) is 80.4 Å². The molecule has 0 aliphatic rings. The van der Waals surface area contributed by atoms with E-state index in [1.54, 1.807) is 0 Å². The first kappa shape index (κ1) is 25.0. The highest BCUT2D eigenvalue weighted by atomic mass is 16.4. The number of nitrogens with two attached hydrogens (primary N) is 2. The maximum atomic E-state index is 12.2. The Morgan fingerprint density at radius 1 is 1.03 bits per heavy atom. The topological polar surface area (TPSA) is 260 Å². The maximum Gasteiger partial charge on any atom is 0.326 e. The first-order valence-electron chi connectivity index (χ1n) is 8.82. The van der Waals surface area contributed by atoms with Gasteiger partial charge >= 0.3 is 11.9 Å². The number of imidazole rings is 1. The fourth-order valence-electron chi connectivity index (χ4n) is 2.33. The molecule has 3 unspecified atom stereocenters.